The van der Waals surface area contributed by atoms with Gasteiger partial charge in [0, 0.05) is 0 Å². The van der Waals surface area contributed by atoms with Gasteiger partial charge in [0.05, 0.1) is 18.7 Å². The number of rotatable bonds is 8. The van der Waals surface area contributed by atoms with Gasteiger partial charge in [-0.05, 0) is 61.3 Å². The Labute approximate surface area is 193 Å². The monoisotopic (exact) mass is 450 g/mol. The third-order valence-corrected chi connectivity index (χ3v) is 6.69. The van der Waals surface area contributed by atoms with Crippen LogP contribution in [0.2, 0.25) is 0 Å². The molecule has 4 rings (SSSR count). The quantitative estimate of drug-likeness (QED) is 0.530. The largest absolute Gasteiger partial charge is 0.480 e. The van der Waals surface area contributed by atoms with Crippen LogP contribution in [0.3, 0.4) is 0 Å². The fourth-order valence-corrected chi connectivity index (χ4v) is 5.02. The Bertz CT molecular complexity index is 1030. The van der Waals surface area contributed by atoms with Crippen molar-refractivity contribution in [3.63, 3.8) is 0 Å². The van der Waals surface area contributed by atoms with Gasteiger partial charge < -0.3 is 9.84 Å². The predicted octanol–water partition coefficient (Wildman–Crippen LogP) is 2.22. The molecular formula is C26H30N2O5. The molecule has 0 bridgehead atoms. The number of ether oxygens (including phenoxy) is 1. The molecule has 0 saturated carbocycles. The van der Waals surface area contributed by atoms with Gasteiger partial charge in [0.2, 0.25) is 0 Å². The van der Waals surface area contributed by atoms with Crippen LogP contribution >= 0.6 is 0 Å². The van der Waals surface area contributed by atoms with E-state index >= 15 is 0 Å². The minimum Gasteiger partial charge on any atom is -0.480 e. The van der Waals surface area contributed by atoms with Crippen LogP contribution in [0.1, 0.15) is 42.1 Å². The van der Waals surface area contributed by atoms with Gasteiger partial charge in [0.25, 0.3) is 0 Å². The van der Waals surface area contributed by atoms with Gasteiger partial charge in [-0.2, -0.15) is 0 Å². The molecule has 0 spiro atoms. The summed E-state index contributed by atoms with van der Waals surface area (Å²) in [5, 5.41) is 15.8. The highest BCUT2D eigenvalue weighted by Gasteiger charge is 2.39. The van der Waals surface area contributed by atoms with Gasteiger partial charge in [0.1, 0.15) is 12.1 Å². The molecular weight excluding hydrogens is 420 g/mol. The van der Waals surface area contributed by atoms with Crippen LogP contribution in [-0.4, -0.2) is 47.6 Å². The highest BCUT2D eigenvalue weighted by Crippen LogP contribution is 2.31. The van der Waals surface area contributed by atoms with Gasteiger partial charge in [0.15, 0.2) is 5.78 Å². The molecule has 4 atom stereocenters. The highest BCUT2D eigenvalue weighted by atomic mass is 16.5. The van der Waals surface area contributed by atoms with Crippen molar-refractivity contribution in [3.8, 4) is 0 Å². The predicted molar refractivity (Wildman–Crippen MR) is 123 cm³/mol. The topological polar surface area (TPSA) is 105 Å². The summed E-state index contributed by atoms with van der Waals surface area (Å²) in [7, 11) is 0. The summed E-state index contributed by atoms with van der Waals surface area (Å²) in [6.07, 6.45) is 1.79. The number of carboxylic acids is 1. The summed E-state index contributed by atoms with van der Waals surface area (Å²) in [4.78, 5) is 38.0. The Morgan fingerprint density at radius 2 is 1.64 bits per heavy atom. The molecule has 33 heavy (non-hydrogen) atoms. The Balaban J connectivity index is 1.54. The third-order valence-electron chi connectivity index (χ3n) is 6.69. The number of hydrogen-bond acceptors (Lipinski definition) is 6. The lowest BCUT2D eigenvalue weighted by Gasteiger charge is -2.33. The highest BCUT2D eigenvalue weighted by molar-refractivity contribution is 5.92. The van der Waals surface area contributed by atoms with Crippen LogP contribution < -0.4 is 10.6 Å². The van der Waals surface area contributed by atoms with E-state index in [2.05, 4.69) is 22.8 Å². The lowest BCUT2D eigenvalue weighted by atomic mass is 9.86. The second-order valence-electron chi connectivity index (χ2n) is 8.85. The van der Waals surface area contributed by atoms with E-state index < -0.39 is 30.1 Å². The van der Waals surface area contributed by atoms with E-state index in [-0.39, 0.29) is 24.3 Å². The number of Topliss-reactive ketones (excluding diaryl/α,β-unsaturated/α-hetero) is 1. The van der Waals surface area contributed by atoms with Crippen molar-refractivity contribution in [2.45, 2.75) is 57.3 Å². The second kappa shape index (κ2) is 9.85. The molecule has 1 aliphatic heterocycles. The van der Waals surface area contributed by atoms with E-state index in [1.54, 1.807) is 13.8 Å². The molecule has 0 aromatic heterocycles. The van der Waals surface area contributed by atoms with Crippen LogP contribution in [0.5, 0.6) is 0 Å². The molecule has 0 radical (unpaired) electrons. The molecule has 174 valence electrons. The summed E-state index contributed by atoms with van der Waals surface area (Å²) in [6, 6.07) is 12.6. The van der Waals surface area contributed by atoms with E-state index in [9.17, 15) is 19.5 Å². The molecule has 0 fully saturated rings. The standard InChI is InChI=1S/C26H30N2O5/c1-3-33-26(32)22(19-12-16-8-4-5-9-17(16)13-19)27-15(2)24(29)23-20-11-7-6-10-18(20)14-21(28-23)25(30)31/h4-11,15,19,21-23,27-28H,3,12-14H2,1-2H3,(H,30,31). The number of fused-ring (bicyclic) bond motifs is 2. The molecule has 7 nitrogen and oxygen atoms in total. The molecule has 1 heterocycles. The molecule has 2 aliphatic rings. The van der Waals surface area contributed by atoms with Crippen molar-refractivity contribution in [2.75, 3.05) is 6.61 Å². The maximum Gasteiger partial charge on any atom is 0.323 e. The van der Waals surface area contributed by atoms with Gasteiger partial charge >= 0.3 is 11.9 Å². The third kappa shape index (κ3) is 4.84. The van der Waals surface area contributed by atoms with Crippen molar-refractivity contribution in [2.24, 2.45) is 5.92 Å². The van der Waals surface area contributed by atoms with E-state index in [4.69, 9.17) is 4.74 Å². The minimum atomic E-state index is -0.990. The number of esters is 1. The molecule has 2 aromatic carbocycles. The molecule has 7 heteroatoms. The first-order chi connectivity index (χ1) is 15.9. The maximum atomic E-state index is 13.5. The lowest BCUT2D eigenvalue weighted by molar-refractivity contribution is -0.147. The Morgan fingerprint density at radius 1 is 1.03 bits per heavy atom. The molecule has 3 N–H and O–H groups in total. The molecule has 0 amide bonds. The summed E-state index contributed by atoms with van der Waals surface area (Å²) in [6.45, 7) is 3.75. The van der Waals surface area contributed by atoms with Gasteiger partial charge in [-0.15, -0.1) is 0 Å². The number of nitrogens with one attached hydrogen (secondary N) is 2. The first kappa shape index (κ1) is 23.1. The van der Waals surface area contributed by atoms with Crippen molar-refractivity contribution in [1.82, 2.24) is 10.6 Å². The van der Waals surface area contributed by atoms with Crippen molar-refractivity contribution >= 4 is 17.7 Å². The zero-order chi connectivity index (χ0) is 23.5. The SMILES string of the molecule is CCOC(=O)C(NC(C)C(=O)C1NC(C(=O)O)Cc2ccccc21)C1Cc2ccccc2C1. The van der Waals surface area contributed by atoms with Crippen LogP contribution in [0.4, 0.5) is 0 Å². The smallest absolute Gasteiger partial charge is 0.323 e. The zero-order valence-corrected chi connectivity index (χ0v) is 18.9. The first-order valence-corrected chi connectivity index (χ1v) is 11.5. The normalized spacial score (nSPS) is 21.5. The van der Waals surface area contributed by atoms with Crippen LogP contribution in [-0.2, 0) is 38.4 Å². The molecule has 2 aromatic rings. The number of hydrogen-bond donors (Lipinski definition) is 3. The fourth-order valence-electron chi connectivity index (χ4n) is 5.02. The van der Waals surface area contributed by atoms with E-state index in [1.807, 2.05) is 36.4 Å². The Morgan fingerprint density at radius 3 is 2.24 bits per heavy atom. The molecule has 1 aliphatic carbocycles. The number of aliphatic carboxylic acids is 1. The second-order valence-corrected chi connectivity index (χ2v) is 8.85. The average Bonchev–Trinajstić information content (AvgIpc) is 3.25. The summed E-state index contributed by atoms with van der Waals surface area (Å²) >= 11 is 0. The zero-order valence-electron chi connectivity index (χ0n) is 18.9. The molecule has 4 unspecified atom stereocenters. The Hall–Kier alpha value is -3.03. The van der Waals surface area contributed by atoms with Gasteiger partial charge in [-0.25, -0.2) is 0 Å². The number of carbonyl (C=O) groups excluding carboxylic acids is 2. The van der Waals surface area contributed by atoms with Crippen LogP contribution in [0, 0.1) is 5.92 Å². The van der Waals surface area contributed by atoms with E-state index in [0.717, 1.165) is 24.0 Å². The van der Waals surface area contributed by atoms with Crippen molar-refractivity contribution in [1.29, 1.82) is 0 Å². The van der Waals surface area contributed by atoms with Crippen molar-refractivity contribution in [3.05, 3.63) is 70.8 Å². The van der Waals surface area contributed by atoms with Gasteiger partial charge in [-0.3, -0.25) is 25.0 Å². The first-order valence-electron chi connectivity index (χ1n) is 11.5. The van der Waals surface area contributed by atoms with Crippen molar-refractivity contribution < 1.29 is 24.2 Å². The van der Waals surface area contributed by atoms with E-state index in [0.29, 0.717) is 6.42 Å². The summed E-state index contributed by atoms with van der Waals surface area (Å²) < 4.78 is 5.34. The average molecular weight is 451 g/mol. The van der Waals surface area contributed by atoms with Crippen LogP contribution in [0.15, 0.2) is 48.5 Å². The number of ketones is 1. The summed E-state index contributed by atoms with van der Waals surface area (Å²) in [5.74, 6) is -1.57. The minimum absolute atomic E-state index is 0.0185. The number of carboxylic acid groups (broad SMARTS) is 1. The van der Waals surface area contributed by atoms with Gasteiger partial charge in [-0.1, -0.05) is 48.5 Å². The number of carbonyl (C=O) groups is 3. The maximum absolute atomic E-state index is 13.5. The molecule has 0 saturated heterocycles. The van der Waals surface area contributed by atoms with Crippen LogP contribution in [0.25, 0.3) is 0 Å². The fraction of sp³-hybridized carbons (Fsp3) is 0.423. The number of benzene rings is 2. The van der Waals surface area contributed by atoms with E-state index in [1.165, 1.54) is 11.1 Å². The Kier molecular flexibility index (Phi) is 6.91. The summed E-state index contributed by atoms with van der Waals surface area (Å²) in [5.41, 5.74) is 4.06. The lowest BCUT2D eigenvalue weighted by Crippen LogP contribution is -2.55.